The van der Waals surface area contributed by atoms with Crippen LogP contribution in [0.3, 0.4) is 0 Å². The van der Waals surface area contributed by atoms with Crippen LogP contribution in [0.15, 0.2) is 4.99 Å². The quantitative estimate of drug-likeness (QED) is 0.0619. The van der Waals surface area contributed by atoms with Crippen molar-refractivity contribution in [2.75, 3.05) is 12.3 Å². The van der Waals surface area contributed by atoms with Crippen molar-refractivity contribution in [1.82, 2.24) is 16.0 Å². The topological polar surface area (TPSA) is 215 Å². The van der Waals surface area contributed by atoms with Crippen LogP contribution in [0.25, 0.3) is 0 Å². The lowest BCUT2D eigenvalue weighted by Gasteiger charge is -2.24. The summed E-state index contributed by atoms with van der Waals surface area (Å²) in [7, 11) is 0. The van der Waals surface area contributed by atoms with Gasteiger partial charge in [-0.3, -0.25) is 19.4 Å². The number of nitrogens with two attached hydrogens (primary N) is 3. The normalized spacial score (nSPS) is 14.6. The van der Waals surface area contributed by atoms with Crippen molar-refractivity contribution in [2.24, 2.45) is 28.1 Å². The van der Waals surface area contributed by atoms with Gasteiger partial charge in [0.15, 0.2) is 5.96 Å². The molecule has 12 nitrogen and oxygen atoms in total. The van der Waals surface area contributed by atoms with Gasteiger partial charge < -0.3 is 38.3 Å². The fraction of sp³-hybridized carbons (Fsp3) is 0.722. The SMILES string of the molecule is CC(C)CC(NC(=O)C(C)NC(=O)C(N)CCCN=C(N)N)C(=O)NC(CS)C(=O)O. The number of guanidine groups is 1. The Labute approximate surface area is 187 Å². The van der Waals surface area contributed by atoms with Gasteiger partial charge in [-0.25, -0.2) is 4.79 Å². The summed E-state index contributed by atoms with van der Waals surface area (Å²) in [5.41, 5.74) is 16.3. The van der Waals surface area contributed by atoms with Crippen molar-refractivity contribution in [3.63, 3.8) is 0 Å². The van der Waals surface area contributed by atoms with Crippen LogP contribution in [0.2, 0.25) is 0 Å². The first-order chi connectivity index (χ1) is 14.4. The minimum atomic E-state index is -1.23. The maximum absolute atomic E-state index is 12.5. The van der Waals surface area contributed by atoms with E-state index in [4.69, 9.17) is 22.3 Å². The molecule has 13 heteroatoms. The van der Waals surface area contributed by atoms with Gasteiger partial charge in [0.1, 0.15) is 18.1 Å². The summed E-state index contributed by atoms with van der Waals surface area (Å²) in [6.45, 7) is 5.49. The number of rotatable bonds is 14. The van der Waals surface area contributed by atoms with Crippen molar-refractivity contribution in [1.29, 1.82) is 0 Å². The van der Waals surface area contributed by atoms with Crippen LogP contribution in [-0.2, 0) is 19.2 Å². The van der Waals surface area contributed by atoms with Gasteiger partial charge >= 0.3 is 5.97 Å². The molecule has 4 unspecified atom stereocenters. The third kappa shape index (κ3) is 12.0. The number of carboxylic acids is 1. The number of thiol groups is 1. The number of nitrogens with one attached hydrogen (secondary N) is 3. The highest BCUT2D eigenvalue weighted by Crippen LogP contribution is 2.06. The van der Waals surface area contributed by atoms with Gasteiger partial charge in [0, 0.05) is 12.3 Å². The average Bonchev–Trinajstić information content (AvgIpc) is 2.67. The highest BCUT2D eigenvalue weighted by molar-refractivity contribution is 7.80. The van der Waals surface area contributed by atoms with Crippen LogP contribution in [-0.4, -0.2) is 71.2 Å². The van der Waals surface area contributed by atoms with E-state index in [1.54, 1.807) is 0 Å². The molecule has 178 valence electrons. The Morgan fingerprint density at radius 2 is 1.55 bits per heavy atom. The number of nitrogens with zero attached hydrogens (tertiary/aromatic N) is 1. The van der Waals surface area contributed by atoms with Crippen molar-refractivity contribution in [3.05, 3.63) is 0 Å². The van der Waals surface area contributed by atoms with Crippen molar-refractivity contribution in [3.8, 4) is 0 Å². The predicted molar refractivity (Wildman–Crippen MR) is 120 cm³/mol. The Hall–Kier alpha value is -2.54. The van der Waals surface area contributed by atoms with Crippen LogP contribution < -0.4 is 33.2 Å². The zero-order valence-corrected chi connectivity index (χ0v) is 19.0. The van der Waals surface area contributed by atoms with Crippen molar-refractivity contribution < 1.29 is 24.3 Å². The summed E-state index contributed by atoms with van der Waals surface area (Å²) in [4.78, 5) is 52.1. The lowest BCUT2D eigenvalue weighted by atomic mass is 10.0. The first-order valence-corrected chi connectivity index (χ1v) is 10.6. The Bertz CT molecular complexity index is 655. The van der Waals surface area contributed by atoms with E-state index in [1.807, 2.05) is 13.8 Å². The molecule has 0 radical (unpaired) electrons. The Balaban J connectivity index is 4.86. The van der Waals surface area contributed by atoms with E-state index in [0.29, 0.717) is 19.4 Å². The van der Waals surface area contributed by atoms with Gasteiger partial charge in [-0.15, -0.1) is 0 Å². The van der Waals surface area contributed by atoms with Crippen molar-refractivity contribution >= 4 is 42.3 Å². The van der Waals surface area contributed by atoms with Crippen LogP contribution >= 0.6 is 12.6 Å². The smallest absolute Gasteiger partial charge is 0.327 e. The van der Waals surface area contributed by atoms with Gasteiger partial charge in [-0.05, 0) is 32.1 Å². The molecule has 0 aliphatic carbocycles. The number of hydrogen-bond acceptors (Lipinski definition) is 7. The lowest BCUT2D eigenvalue weighted by molar-refractivity contribution is -0.141. The Morgan fingerprint density at radius 3 is 2.03 bits per heavy atom. The summed E-state index contributed by atoms with van der Waals surface area (Å²) >= 11 is 3.91. The molecular weight excluding hydrogens is 426 g/mol. The maximum Gasteiger partial charge on any atom is 0.327 e. The average molecular weight is 462 g/mol. The number of amides is 3. The van der Waals surface area contributed by atoms with Gasteiger partial charge in [0.25, 0.3) is 0 Å². The van der Waals surface area contributed by atoms with E-state index in [2.05, 4.69) is 33.6 Å². The molecule has 4 atom stereocenters. The molecular formula is C18H35N7O5S. The standard InChI is InChI=1S/C18H35N7O5S/c1-9(2)7-12(16(28)25-13(8-31)17(29)30)24-14(26)10(3)23-15(27)11(19)5-4-6-22-18(20)21/h9-13,31H,4-8,19H2,1-3H3,(H,23,27)(H,24,26)(H,25,28)(H,29,30)(H4,20,21,22). The molecule has 0 aliphatic rings. The van der Waals surface area contributed by atoms with E-state index in [-0.39, 0.29) is 24.1 Å². The van der Waals surface area contributed by atoms with E-state index >= 15 is 0 Å². The van der Waals surface area contributed by atoms with E-state index in [1.165, 1.54) is 6.92 Å². The number of hydrogen-bond donors (Lipinski definition) is 8. The molecule has 0 aliphatic heterocycles. The second-order valence-corrected chi connectivity index (χ2v) is 7.92. The second kappa shape index (κ2) is 14.5. The number of aliphatic carboxylic acids is 1. The summed E-state index contributed by atoms with van der Waals surface area (Å²) in [5, 5.41) is 16.5. The number of carboxylic acid groups (broad SMARTS) is 1. The summed E-state index contributed by atoms with van der Waals surface area (Å²) in [6, 6.07) is -3.97. The minimum absolute atomic E-state index is 0.0406. The lowest BCUT2D eigenvalue weighted by Crippen LogP contribution is -2.56. The molecule has 10 N–H and O–H groups in total. The molecule has 0 aromatic carbocycles. The monoisotopic (exact) mass is 461 g/mol. The van der Waals surface area contributed by atoms with Crippen LogP contribution in [0.4, 0.5) is 0 Å². The molecule has 31 heavy (non-hydrogen) atoms. The van der Waals surface area contributed by atoms with E-state index in [9.17, 15) is 19.2 Å². The zero-order valence-electron chi connectivity index (χ0n) is 18.1. The molecule has 0 saturated carbocycles. The molecule has 0 heterocycles. The Kier molecular flexibility index (Phi) is 13.3. The first kappa shape index (κ1) is 28.5. The van der Waals surface area contributed by atoms with Gasteiger partial charge in [0.05, 0.1) is 6.04 Å². The highest BCUT2D eigenvalue weighted by Gasteiger charge is 2.28. The van der Waals surface area contributed by atoms with Crippen LogP contribution in [0, 0.1) is 5.92 Å². The summed E-state index contributed by atoms with van der Waals surface area (Å²) in [6.07, 6.45) is 1.08. The van der Waals surface area contributed by atoms with E-state index in [0.717, 1.165) is 0 Å². The summed E-state index contributed by atoms with van der Waals surface area (Å²) in [5.74, 6) is -3.10. The largest absolute Gasteiger partial charge is 0.480 e. The summed E-state index contributed by atoms with van der Waals surface area (Å²) < 4.78 is 0. The first-order valence-electron chi connectivity index (χ1n) is 9.94. The fourth-order valence-electron chi connectivity index (χ4n) is 2.49. The molecule has 0 rings (SSSR count). The van der Waals surface area contributed by atoms with Gasteiger partial charge in [0.2, 0.25) is 17.7 Å². The van der Waals surface area contributed by atoms with Crippen LogP contribution in [0.1, 0.15) is 40.0 Å². The van der Waals surface area contributed by atoms with Crippen molar-refractivity contribution in [2.45, 2.75) is 64.2 Å². The molecule has 0 fully saturated rings. The molecule has 0 aromatic heterocycles. The fourth-order valence-corrected chi connectivity index (χ4v) is 2.74. The molecule has 0 spiro atoms. The predicted octanol–water partition coefficient (Wildman–Crippen LogP) is -2.10. The van der Waals surface area contributed by atoms with E-state index < -0.39 is 47.9 Å². The maximum atomic E-state index is 12.5. The Morgan fingerprint density at radius 1 is 0.968 bits per heavy atom. The molecule has 0 aromatic rings. The van der Waals surface area contributed by atoms with Gasteiger partial charge in [-0.1, -0.05) is 13.8 Å². The minimum Gasteiger partial charge on any atom is -0.480 e. The molecule has 0 saturated heterocycles. The number of aliphatic imine (C=N–C) groups is 1. The third-order valence-electron chi connectivity index (χ3n) is 4.19. The molecule has 3 amide bonds. The van der Waals surface area contributed by atoms with Gasteiger partial charge in [-0.2, -0.15) is 12.6 Å². The molecule has 0 bridgehead atoms. The number of carbonyl (C=O) groups excluding carboxylic acids is 3. The zero-order chi connectivity index (χ0) is 24.1. The highest BCUT2D eigenvalue weighted by atomic mass is 32.1. The second-order valence-electron chi connectivity index (χ2n) is 7.56. The third-order valence-corrected chi connectivity index (χ3v) is 4.56. The number of carbonyl (C=O) groups is 4. The van der Waals surface area contributed by atoms with Crippen LogP contribution in [0.5, 0.6) is 0 Å².